The Bertz CT molecular complexity index is 715. The summed E-state index contributed by atoms with van der Waals surface area (Å²) in [5, 5.41) is 7.03. The molecule has 8 heteroatoms. The topological polar surface area (TPSA) is 93.2 Å². The first-order valence-corrected chi connectivity index (χ1v) is 7.43. The molecule has 1 fully saturated rings. The maximum Gasteiger partial charge on any atom is 0.259 e. The Labute approximate surface area is 133 Å². The second-order valence-electron chi connectivity index (χ2n) is 5.35. The molecule has 122 valence electrons. The molecular weight excluding hydrogens is 298 g/mol. The van der Waals surface area contributed by atoms with E-state index < -0.39 is 0 Å². The number of hydrogen-bond acceptors (Lipinski definition) is 6. The number of methoxy groups -OCH3 is 2. The smallest absolute Gasteiger partial charge is 0.259 e. The number of likely N-dealkylation sites (tertiary alicyclic amines) is 1. The van der Waals surface area contributed by atoms with Crippen molar-refractivity contribution >= 4 is 5.91 Å². The summed E-state index contributed by atoms with van der Waals surface area (Å²) in [5.74, 6) is 1.91. The third-order valence-corrected chi connectivity index (χ3v) is 3.89. The van der Waals surface area contributed by atoms with Gasteiger partial charge in [0.1, 0.15) is 11.4 Å². The molecule has 1 aliphatic heterocycles. The molecule has 0 radical (unpaired) electrons. The lowest BCUT2D eigenvalue weighted by Crippen LogP contribution is -2.31. The molecule has 1 N–H and O–H groups in total. The fourth-order valence-electron chi connectivity index (χ4n) is 2.80. The molecule has 2 aromatic rings. The quantitative estimate of drug-likeness (QED) is 0.918. The summed E-state index contributed by atoms with van der Waals surface area (Å²) in [5.41, 5.74) is 0.410. The second kappa shape index (κ2) is 6.23. The van der Waals surface area contributed by atoms with Crippen LogP contribution in [0.25, 0.3) is 0 Å². The zero-order chi connectivity index (χ0) is 16.4. The van der Waals surface area contributed by atoms with Gasteiger partial charge in [0.05, 0.1) is 20.3 Å². The first-order chi connectivity index (χ1) is 11.1. The summed E-state index contributed by atoms with van der Waals surface area (Å²) in [7, 11) is 3.00. The van der Waals surface area contributed by atoms with Crippen LogP contribution < -0.4 is 9.47 Å². The number of H-pyrrole nitrogens is 1. The molecule has 1 aliphatic rings. The van der Waals surface area contributed by atoms with Gasteiger partial charge in [0.15, 0.2) is 5.82 Å². The Balaban J connectivity index is 1.90. The highest BCUT2D eigenvalue weighted by Crippen LogP contribution is 2.33. The third kappa shape index (κ3) is 2.84. The normalized spacial score (nSPS) is 17.3. The number of carbonyl (C=O) groups is 1. The Morgan fingerprint density at radius 1 is 1.30 bits per heavy atom. The molecular formula is C15H19N5O3. The standard InChI is InChI=1S/C15H19N5O3/c1-9-16-13(19-18-9)11-5-4-8-20(11)15(21)10-6-7-12(22-2)17-14(10)23-3/h6-7,11H,4-5,8H2,1-3H3,(H,16,18,19)/t11-/m0/s1. The predicted molar refractivity (Wildman–Crippen MR) is 81.5 cm³/mol. The number of pyridine rings is 1. The molecule has 3 rings (SSSR count). The van der Waals surface area contributed by atoms with E-state index in [2.05, 4.69) is 20.2 Å². The molecule has 0 unspecified atom stereocenters. The van der Waals surface area contributed by atoms with Gasteiger partial charge in [0.25, 0.3) is 5.91 Å². The third-order valence-electron chi connectivity index (χ3n) is 3.89. The number of aromatic nitrogens is 4. The minimum absolute atomic E-state index is 0.126. The Morgan fingerprint density at radius 2 is 2.13 bits per heavy atom. The number of aromatic amines is 1. The number of rotatable bonds is 4. The number of amides is 1. The molecule has 0 aliphatic carbocycles. The summed E-state index contributed by atoms with van der Waals surface area (Å²) in [4.78, 5) is 23.2. The summed E-state index contributed by atoms with van der Waals surface area (Å²) in [6.07, 6.45) is 1.75. The first kappa shape index (κ1) is 15.3. The second-order valence-corrected chi connectivity index (χ2v) is 5.35. The maximum atomic E-state index is 12.9. The van der Waals surface area contributed by atoms with Gasteiger partial charge in [-0.05, 0) is 25.8 Å². The van der Waals surface area contributed by atoms with E-state index in [1.54, 1.807) is 17.0 Å². The molecule has 1 amide bonds. The summed E-state index contributed by atoms with van der Waals surface area (Å²) < 4.78 is 10.3. The molecule has 2 aromatic heterocycles. The van der Waals surface area contributed by atoms with Gasteiger partial charge in [0, 0.05) is 12.6 Å². The van der Waals surface area contributed by atoms with Crippen molar-refractivity contribution in [2.24, 2.45) is 0 Å². The van der Waals surface area contributed by atoms with Crippen LogP contribution in [-0.4, -0.2) is 51.7 Å². The number of nitrogens with one attached hydrogen (secondary N) is 1. The minimum Gasteiger partial charge on any atom is -0.481 e. The monoisotopic (exact) mass is 317 g/mol. The van der Waals surface area contributed by atoms with Gasteiger partial charge in [-0.25, -0.2) is 4.98 Å². The summed E-state index contributed by atoms with van der Waals surface area (Å²) in [6.45, 7) is 2.50. The van der Waals surface area contributed by atoms with Crippen LogP contribution in [0.1, 0.15) is 40.9 Å². The zero-order valence-corrected chi connectivity index (χ0v) is 13.4. The average molecular weight is 317 g/mol. The molecule has 1 saturated heterocycles. The molecule has 3 heterocycles. The van der Waals surface area contributed by atoms with Gasteiger partial charge in [-0.1, -0.05) is 0 Å². The van der Waals surface area contributed by atoms with Crippen LogP contribution >= 0.6 is 0 Å². The fourth-order valence-corrected chi connectivity index (χ4v) is 2.80. The van der Waals surface area contributed by atoms with Crippen molar-refractivity contribution < 1.29 is 14.3 Å². The first-order valence-electron chi connectivity index (χ1n) is 7.43. The lowest BCUT2D eigenvalue weighted by molar-refractivity contribution is 0.0725. The van der Waals surface area contributed by atoms with Gasteiger partial charge in [-0.3, -0.25) is 9.89 Å². The highest BCUT2D eigenvalue weighted by atomic mass is 16.5. The van der Waals surface area contributed by atoms with Crippen LogP contribution in [0, 0.1) is 6.92 Å². The molecule has 0 aromatic carbocycles. The fraction of sp³-hybridized carbons (Fsp3) is 0.467. The van der Waals surface area contributed by atoms with Gasteiger partial charge >= 0.3 is 0 Å². The average Bonchev–Trinajstić information content (AvgIpc) is 3.22. The number of hydrogen-bond donors (Lipinski definition) is 1. The van der Waals surface area contributed by atoms with E-state index in [-0.39, 0.29) is 17.8 Å². The lowest BCUT2D eigenvalue weighted by Gasteiger charge is -2.23. The van der Waals surface area contributed by atoms with E-state index >= 15 is 0 Å². The van der Waals surface area contributed by atoms with Crippen LogP contribution in [0.4, 0.5) is 0 Å². The van der Waals surface area contributed by atoms with Crippen LogP contribution in [0.5, 0.6) is 11.8 Å². The van der Waals surface area contributed by atoms with E-state index in [0.29, 0.717) is 23.8 Å². The van der Waals surface area contributed by atoms with E-state index in [1.165, 1.54) is 14.2 Å². The molecule has 0 spiro atoms. The number of nitrogens with zero attached hydrogens (tertiary/aromatic N) is 4. The van der Waals surface area contributed by atoms with Crippen molar-refractivity contribution in [2.75, 3.05) is 20.8 Å². The Kier molecular flexibility index (Phi) is 4.14. The van der Waals surface area contributed by atoms with Crippen molar-refractivity contribution in [3.63, 3.8) is 0 Å². The van der Waals surface area contributed by atoms with Crippen molar-refractivity contribution in [3.8, 4) is 11.8 Å². The van der Waals surface area contributed by atoms with Gasteiger partial charge in [-0.15, -0.1) is 0 Å². The largest absolute Gasteiger partial charge is 0.481 e. The van der Waals surface area contributed by atoms with Gasteiger partial charge in [-0.2, -0.15) is 10.1 Å². The van der Waals surface area contributed by atoms with Gasteiger partial charge < -0.3 is 14.4 Å². The van der Waals surface area contributed by atoms with Crippen molar-refractivity contribution in [1.82, 2.24) is 25.1 Å². The molecule has 0 saturated carbocycles. The summed E-state index contributed by atoms with van der Waals surface area (Å²) in [6, 6.07) is 3.20. The highest BCUT2D eigenvalue weighted by Gasteiger charge is 2.34. The molecule has 0 bridgehead atoms. The Morgan fingerprint density at radius 3 is 2.78 bits per heavy atom. The van der Waals surface area contributed by atoms with E-state index in [4.69, 9.17) is 9.47 Å². The number of carbonyl (C=O) groups excluding carboxylic acids is 1. The van der Waals surface area contributed by atoms with Crippen LogP contribution in [0.3, 0.4) is 0 Å². The van der Waals surface area contributed by atoms with E-state index in [9.17, 15) is 4.79 Å². The molecule has 1 atom stereocenters. The summed E-state index contributed by atoms with van der Waals surface area (Å²) >= 11 is 0. The van der Waals surface area contributed by atoms with Crippen LogP contribution in [0.15, 0.2) is 12.1 Å². The Hall–Kier alpha value is -2.64. The predicted octanol–water partition coefficient (Wildman–Crippen LogP) is 1.50. The minimum atomic E-state index is -0.137. The van der Waals surface area contributed by atoms with Crippen molar-refractivity contribution in [3.05, 3.63) is 29.3 Å². The lowest BCUT2D eigenvalue weighted by atomic mass is 10.2. The number of ether oxygens (including phenoxy) is 2. The number of aryl methyl sites for hydroxylation is 1. The SMILES string of the molecule is COc1ccc(C(=O)N2CCC[C@H]2c2n[nH]c(C)n2)c(OC)n1. The van der Waals surface area contributed by atoms with Gasteiger partial charge in [0.2, 0.25) is 11.8 Å². The van der Waals surface area contributed by atoms with E-state index in [1.807, 2.05) is 6.92 Å². The highest BCUT2D eigenvalue weighted by molar-refractivity contribution is 5.96. The van der Waals surface area contributed by atoms with E-state index in [0.717, 1.165) is 18.7 Å². The van der Waals surface area contributed by atoms with Crippen molar-refractivity contribution in [1.29, 1.82) is 0 Å². The zero-order valence-electron chi connectivity index (χ0n) is 13.4. The maximum absolute atomic E-state index is 12.9. The van der Waals surface area contributed by atoms with Crippen LogP contribution in [0.2, 0.25) is 0 Å². The molecule has 8 nitrogen and oxygen atoms in total. The molecule has 23 heavy (non-hydrogen) atoms. The van der Waals surface area contributed by atoms with Crippen LogP contribution in [-0.2, 0) is 0 Å². The van der Waals surface area contributed by atoms with Crippen molar-refractivity contribution in [2.45, 2.75) is 25.8 Å².